The van der Waals surface area contributed by atoms with Gasteiger partial charge in [0.15, 0.2) is 0 Å². The SMILES string of the molecule is C=C[C@H]1CN2CC[C@H]1C[C@H]2[C@H](O)c1ccnc2ccc(OC)cc12.CCOCC. The molecule has 0 radical (unpaired) electrons. The summed E-state index contributed by atoms with van der Waals surface area (Å²) in [4.78, 5) is 6.86. The van der Waals surface area contributed by atoms with Crippen molar-refractivity contribution in [1.82, 2.24) is 9.88 Å². The lowest BCUT2D eigenvalue weighted by Gasteiger charge is -2.50. The van der Waals surface area contributed by atoms with E-state index in [1.165, 1.54) is 6.42 Å². The van der Waals surface area contributed by atoms with Crippen molar-refractivity contribution in [3.8, 4) is 5.75 Å². The van der Waals surface area contributed by atoms with Crippen molar-refractivity contribution in [2.24, 2.45) is 11.8 Å². The van der Waals surface area contributed by atoms with E-state index in [0.29, 0.717) is 11.8 Å². The minimum Gasteiger partial charge on any atom is -0.497 e. The van der Waals surface area contributed by atoms with Gasteiger partial charge in [0.05, 0.1) is 18.7 Å². The molecule has 4 heterocycles. The fraction of sp³-hybridized carbons (Fsp3) is 0.542. The van der Waals surface area contributed by atoms with Gasteiger partial charge in [-0.05, 0) is 74.9 Å². The normalized spacial score (nSPS) is 26.5. The molecule has 0 aliphatic carbocycles. The van der Waals surface area contributed by atoms with Crippen LogP contribution in [0.15, 0.2) is 43.1 Å². The van der Waals surface area contributed by atoms with E-state index in [9.17, 15) is 5.11 Å². The molecule has 0 spiro atoms. The highest BCUT2D eigenvalue weighted by molar-refractivity contribution is 5.83. The number of pyridine rings is 1. The number of benzene rings is 1. The highest BCUT2D eigenvalue weighted by atomic mass is 16.5. The Morgan fingerprint density at radius 2 is 2.10 bits per heavy atom. The third-order valence-electron chi connectivity index (χ3n) is 6.23. The molecule has 3 aliphatic heterocycles. The number of nitrogens with zero attached hydrogens (tertiary/aromatic N) is 2. The van der Waals surface area contributed by atoms with Crippen LogP contribution in [0.3, 0.4) is 0 Å². The molecule has 1 aromatic heterocycles. The van der Waals surface area contributed by atoms with Crippen LogP contribution >= 0.6 is 0 Å². The Labute approximate surface area is 174 Å². The van der Waals surface area contributed by atoms with Crippen LogP contribution in [-0.2, 0) is 4.74 Å². The molecule has 0 amide bonds. The molecule has 0 saturated carbocycles. The molecule has 1 N–H and O–H groups in total. The Balaban J connectivity index is 0.000000431. The average Bonchev–Trinajstić information content (AvgIpc) is 2.78. The first-order chi connectivity index (χ1) is 14.1. The summed E-state index contributed by atoms with van der Waals surface area (Å²) in [6.07, 6.45) is 5.62. The van der Waals surface area contributed by atoms with Crippen LogP contribution < -0.4 is 4.74 Å². The first-order valence-corrected chi connectivity index (χ1v) is 10.7. The third-order valence-corrected chi connectivity index (χ3v) is 6.23. The Morgan fingerprint density at radius 1 is 1.31 bits per heavy atom. The Bertz CT molecular complexity index is 808. The predicted octanol–water partition coefficient (Wildman–Crippen LogP) is 4.22. The van der Waals surface area contributed by atoms with Crippen LogP contribution in [0.4, 0.5) is 0 Å². The molecular formula is C24H34N2O3. The number of piperidine rings is 3. The summed E-state index contributed by atoms with van der Waals surface area (Å²) in [6.45, 7) is 11.7. The molecule has 2 bridgehead atoms. The number of aliphatic hydroxyl groups is 1. The van der Waals surface area contributed by atoms with Gasteiger partial charge in [-0.1, -0.05) is 6.08 Å². The fourth-order valence-electron chi connectivity index (χ4n) is 4.65. The molecule has 5 atom stereocenters. The van der Waals surface area contributed by atoms with Gasteiger partial charge in [0.1, 0.15) is 5.75 Å². The minimum absolute atomic E-state index is 0.178. The van der Waals surface area contributed by atoms with Gasteiger partial charge in [0.2, 0.25) is 0 Å². The summed E-state index contributed by atoms with van der Waals surface area (Å²) < 4.78 is 10.2. The van der Waals surface area contributed by atoms with Gasteiger partial charge >= 0.3 is 0 Å². The minimum atomic E-state index is -0.504. The van der Waals surface area contributed by atoms with Gasteiger partial charge < -0.3 is 14.6 Å². The molecule has 5 nitrogen and oxygen atoms in total. The largest absolute Gasteiger partial charge is 0.497 e. The molecular weight excluding hydrogens is 364 g/mol. The fourth-order valence-corrected chi connectivity index (χ4v) is 4.65. The highest BCUT2D eigenvalue weighted by Crippen LogP contribution is 2.42. The van der Waals surface area contributed by atoms with Gasteiger partial charge in [-0.2, -0.15) is 0 Å². The van der Waals surface area contributed by atoms with E-state index >= 15 is 0 Å². The summed E-state index contributed by atoms with van der Waals surface area (Å²) in [5.74, 6) is 2.01. The molecule has 3 fully saturated rings. The van der Waals surface area contributed by atoms with Crippen molar-refractivity contribution < 1.29 is 14.6 Å². The quantitative estimate of drug-likeness (QED) is 0.739. The van der Waals surface area contributed by atoms with Gasteiger partial charge in [-0.3, -0.25) is 9.88 Å². The van der Waals surface area contributed by atoms with E-state index in [1.807, 2.05) is 38.1 Å². The number of hydrogen-bond acceptors (Lipinski definition) is 5. The second-order valence-electron chi connectivity index (χ2n) is 7.76. The van der Waals surface area contributed by atoms with E-state index < -0.39 is 6.10 Å². The second kappa shape index (κ2) is 10.2. The van der Waals surface area contributed by atoms with Gasteiger partial charge in [-0.15, -0.1) is 6.58 Å². The first-order valence-electron chi connectivity index (χ1n) is 10.7. The summed E-state index contributed by atoms with van der Waals surface area (Å²) in [6, 6.07) is 7.96. The maximum absolute atomic E-state index is 11.2. The van der Waals surface area contributed by atoms with Crippen LogP contribution in [0.25, 0.3) is 10.9 Å². The van der Waals surface area contributed by atoms with Gasteiger partial charge in [0, 0.05) is 37.4 Å². The number of fused-ring (bicyclic) bond motifs is 4. The second-order valence-corrected chi connectivity index (χ2v) is 7.76. The first kappa shape index (κ1) is 21.8. The molecule has 1 aromatic carbocycles. The van der Waals surface area contributed by atoms with Crippen LogP contribution in [0.5, 0.6) is 5.75 Å². The lowest BCUT2D eigenvalue weighted by Crippen LogP contribution is -2.54. The summed E-state index contributed by atoms with van der Waals surface area (Å²) >= 11 is 0. The lowest BCUT2D eigenvalue weighted by molar-refractivity contribution is -0.0444. The van der Waals surface area contributed by atoms with Crippen molar-refractivity contribution in [2.45, 2.75) is 38.8 Å². The van der Waals surface area contributed by atoms with E-state index in [2.05, 4.69) is 22.5 Å². The zero-order valence-corrected chi connectivity index (χ0v) is 17.9. The average molecular weight is 399 g/mol. The zero-order chi connectivity index (χ0) is 20.8. The smallest absolute Gasteiger partial charge is 0.119 e. The molecule has 158 valence electrons. The van der Waals surface area contributed by atoms with E-state index in [1.54, 1.807) is 13.3 Å². The third kappa shape index (κ3) is 4.80. The van der Waals surface area contributed by atoms with Crippen LogP contribution in [0, 0.1) is 11.8 Å². The molecule has 3 aliphatic rings. The number of rotatable bonds is 6. The predicted molar refractivity (Wildman–Crippen MR) is 117 cm³/mol. The Kier molecular flexibility index (Phi) is 7.64. The molecule has 5 rings (SSSR count). The number of ether oxygens (including phenoxy) is 2. The highest BCUT2D eigenvalue weighted by Gasteiger charge is 2.42. The lowest BCUT2D eigenvalue weighted by atomic mass is 9.73. The maximum atomic E-state index is 11.2. The summed E-state index contributed by atoms with van der Waals surface area (Å²) in [5, 5.41) is 12.1. The molecule has 3 saturated heterocycles. The Morgan fingerprint density at radius 3 is 2.69 bits per heavy atom. The van der Waals surface area contributed by atoms with E-state index in [4.69, 9.17) is 9.47 Å². The van der Waals surface area contributed by atoms with Crippen LogP contribution in [-0.4, -0.2) is 54.4 Å². The van der Waals surface area contributed by atoms with Crippen LogP contribution in [0.1, 0.15) is 38.4 Å². The van der Waals surface area contributed by atoms with Crippen molar-refractivity contribution in [1.29, 1.82) is 0 Å². The van der Waals surface area contributed by atoms with Crippen molar-refractivity contribution in [2.75, 3.05) is 33.4 Å². The van der Waals surface area contributed by atoms with Gasteiger partial charge in [-0.25, -0.2) is 0 Å². The topological polar surface area (TPSA) is 54.8 Å². The molecule has 29 heavy (non-hydrogen) atoms. The molecule has 2 aromatic rings. The van der Waals surface area contributed by atoms with Crippen molar-refractivity contribution in [3.63, 3.8) is 0 Å². The Hall–Kier alpha value is -1.95. The number of hydrogen-bond donors (Lipinski definition) is 1. The van der Waals surface area contributed by atoms with E-state index in [-0.39, 0.29) is 6.04 Å². The van der Waals surface area contributed by atoms with Gasteiger partial charge in [0.25, 0.3) is 0 Å². The maximum Gasteiger partial charge on any atom is 0.119 e. The number of methoxy groups -OCH3 is 1. The van der Waals surface area contributed by atoms with Crippen molar-refractivity contribution >= 4 is 10.9 Å². The molecule has 5 heteroatoms. The number of aliphatic hydroxyl groups excluding tert-OH is 1. The molecule has 1 unspecified atom stereocenters. The summed E-state index contributed by atoms with van der Waals surface area (Å²) in [5.41, 5.74) is 1.85. The number of aromatic nitrogens is 1. The summed E-state index contributed by atoms with van der Waals surface area (Å²) in [7, 11) is 1.66. The standard InChI is InChI=1S/C20H24N2O2.C4H10O/c1-3-13-12-22-9-7-14(13)10-19(22)20(23)16-6-8-21-18-5-4-15(24-2)11-17(16)18;1-3-5-4-2/h3-6,8,11,13-14,19-20,23H,1,7,9-10,12H2,2H3;3-4H2,1-2H3/t13-,14-,19-,20+;/m0./s1. The van der Waals surface area contributed by atoms with E-state index in [0.717, 1.165) is 54.9 Å². The van der Waals surface area contributed by atoms with Crippen LogP contribution in [0.2, 0.25) is 0 Å². The van der Waals surface area contributed by atoms with Crippen molar-refractivity contribution in [3.05, 3.63) is 48.7 Å². The monoisotopic (exact) mass is 398 g/mol. The zero-order valence-electron chi connectivity index (χ0n) is 17.9.